The van der Waals surface area contributed by atoms with E-state index in [4.69, 9.17) is 0 Å². The smallest absolute Gasteiger partial charge is 0.0547 e. The number of rotatable bonds is 2. The van der Waals surface area contributed by atoms with Gasteiger partial charge in [-0.25, -0.2) is 0 Å². The maximum atomic E-state index is 2.39. The summed E-state index contributed by atoms with van der Waals surface area (Å²) in [7, 11) is 0. The van der Waals surface area contributed by atoms with Crippen LogP contribution in [-0.2, 0) is 0 Å². The highest BCUT2D eigenvalue weighted by atomic mass is 15.0. The van der Waals surface area contributed by atoms with Gasteiger partial charge in [-0.2, -0.15) is 0 Å². The van der Waals surface area contributed by atoms with Gasteiger partial charge in [0.15, 0.2) is 0 Å². The fourth-order valence-electron chi connectivity index (χ4n) is 4.24. The molecule has 1 aromatic heterocycles. The maximum absolute atomic E-state index is 2.39. The number of fused-ring (bicyclic) bond motifs is 5. The summed E-state index contributed by atoms with van der Waals surface area (Å²) < 4.78 is 2.39. The summed E-state index contributed by atoms with van der Waals surface area (Å²) >= 11 is 0. The van der Waals surface area contributed by atoms with Crippen LogP contribution in [0.1, 0.15) is 18.1 Å². The predicted molar refractivity (Wildman–Crippen MR) is 118 cm³/mol. The second kappa shape index (κ2) is 6.14. The van der Waals surface area contributed by atoms with Crippen molar-refractivity contribution in [3.8, 4) is 5.69 Å². The number of nitrogens with zero attached hydrogens (tertiary/aromatic N) is 1. The molecular weight excluding hydrogens is 326 g/mol. The molecule has 1 nitrogen and oxygen atoms in total. The SMILES string of the molecule is C/C=C\c1c(C)ccc2c1c1c3ccccc3ccc1n2-c1ccccc1. The van der Waals surface area contributed by atoms with Crippen LogP contribution in [0.5, 0.6) is 0 Å². The largest absolute Gasteiger partial charge is 0.309 e. The highest BCUT2D eigenvalue weighted by molar-refractivity contribution is 6.23. The number of benzene rings is 4. The first kappa shape index (κ1) is 15.9. The number of hydrogen-bond acceptors (Lipinski definition) is 0. The van der Waals surface area contributed by atoms with Gasteiger partial charge in [0.05, 0.1) is 11.0 Å². The molecule has 0 spiro atoms. The van der Waals surface area contributed by atoms with E-state index < -0.39 is 0 Å². The Morgan fingerprint density at radius 3 is 2.22 bits per heavy atom. The van der Waals surface area contributed by atoms with Crippen molar-refractivity contribution in [1.29, 1.82) is 0 Å². The highest BCUT2D eigenvalue weighted by Crippen LogP contribution is 2.39. The van der Waals surface area contributed by atoms with Crippen LogP contribution in [0.25, 0.3) is 44.3 Å². The van der Waals surface area contributed by atoms with Crippen LogP contribution in [0.2, 0.25) is 0 Å². The van der Waals surface area contributed by atoms with Crippen LogP contribution in [0.15, 0.2) is 84.9 Å². The van der Waals surface area contributed by atoms with E-state index in [-0.39, 0.29) is 0 Å². The van der Waals surface area contributed by atoms with Gasteiger partial charge < -0.3 is 4.57 Å². The van der Waals surface area contributed by atoms with Gasteiger partial charge in [0, 0.05) is 16.5 Å². The molecule has 5 rings (SSSR count). The molecule has 5 aromatic rings. The van der Waals surface area contributed by atoms with E-state index in [1.807, 2.05) is 0 Å². The molecule has 0 bridgehead atoms. The molecule has 0 aliphatic heterocycles. The van der Waals surface area contributed by atoms with Gasteiger partial charge in [-0.05, 0) is 60.0 Å². The van der Waals surface area contributed by atoms with Gasteiger partial charge in [0.1, 0.15) is 0 Å². The summed E-state index contributed by atoms with van der Waals surface area (Å²) in [5.41, 5.74) is 6.33. The van der Waals surface area contributed by atoms with E-state index in [9.17, 15) is 0 Å². The zero-order valence-corrected chi connectivity index (χ0v) is 15.6. The van der Waals surface area contributed by atoms with Crippen molar-refractivity contribution in [2.75, 3.05) is 0 Å². The monoisotopic (exact) mass is 347 g/mol. The second-order valence-electron chi connectivity index (χ2n) is 7.04. The zero-order chi connectivity index (χ0) is 18.4. The molecule has 0 fully saturated rings. The molecule has 0 aliphatic carbocycles. The van der Waals surface area contributed by atoms with Gasteiger partial charge in [0.2, 0.25) is 0 Å². The van der Waals surface area contributed by atoms with E-state index in [1.165, 1.54) is 49.4 Å². The Morgan fingerprint density at radius 1 is 0.704 bits per heavy atom. The minimum atomic E-state index is 1.20. The molecule has 4 aromatic carbocycles. The molecule has 0 amide bonds. The van der Waals surface area contributed by atoms with Gasteiger partial charge in [-0.15, -0.1) is 0 Å². The number of aromatic nitrogens is 1. The van der Waals surface area contributed by atoms with Crippen LogP contribution in [-0.4, -0.2) is 4.57 Å². The van der Waals surface area contributed by atoms with Crippen molar-refractivity contribution in [2.24, 2.45) is 0 Å². The highest BCUT2D eigenvalue weighted by Gasteiger charge is 2.17. The number of aryl methyl sites for hydroxylation is 1. The minimum absolute atomic E-state index is 1.20. The molecule has 1 heteroatoms. The third-order valence-corrected chi connectivity index (χ3v) is 5.43. The van der Waals surface area contributed by atoms with E-state index >= 15 is 0 Å². The molecule has 130 valence electrons. The third kappa shape index (κ3) is 2.32. The average molecular weight is 347 g/mol. The summed E-state index contributed by atoms with van der Waals surface area (Å²) in [5, 5.41) is 5.27. The Hall–Kier alpha value is -3.32. The van der Waals surface area contributed by atoms with Crippen molar-refractivity contribution in [3.63, 3.8) is 0 Å². The van der Waals surface area contributed by atoms with Gasteiger partial charge in [-0.3, -0.25) is 0 Å². The molecule has 27 heavy (non-hydrogen) atoms. The Balaban J connectivity index is 2.10. The van der Waals surface area contributed by atoms with Crippen molar-refractivity contribution < 1.29 is 0 Å². The molecule has 0 saturated carbocycles. The summed E-state index contributed by atoms with van der Waals surface area (Å²) in [4.78, 5) is 0. The van der Waals surface area contributed by atoms with Gasteiger partial charge in [0.25, 0.3) is 0 Å². The first-order valence-corrected chi connectivity index (χ1v) is 9.43. The normalized spacial score (nSPS) is 11.9. The Kier molecular flexibility index (Phi) is 3.61. The summed E-state index contributed by atoms with van der Waals surface area (Å²) in [6.45, 7) is 4.29. The molecule has 0 N–H and O–H groups in total. The Bertz CT molecular complexity index is 1320. The molecule has 0 saturated heterocycles. The van der Waals surface area contributed by atoms with Crippen LogP contribution in [0.3, 0.4) is 0 Å². The lowest BCUT2D eigenvalue weighted by molar-refractivity contribution is 1.18. The van der Waals surface area contributed by atoms with Crippen LogP contribution < -0.4 is 0 Å². The fourth-order valence-corrected chi connectivity index (χ4v) is 4.24. The molecule has 0 unspecified atom stereocenters. The van der Waals surface area contributed by atoms with Crippen molar-refractivity contribution >= 4 is 38.7 Å². The lowest BCUT2D eigenvalue weighted by Crippen LogP contribution is -1.93. The first-order chi connectivity index (χ1) is 13.3. The summed E-state index contributed by atoms with van der Waals surface area (Å²) in [5.74, 6) is 0. The molecular formula is C26H21N. The minimum Gasteiger partial charge on any atom is -0.309 e. The van der Waals surface area contributed by atoms with Crippen molar-refractivity contribution in [1.82, 2.24) is 4.57 Å². The van der Waals surface area contributed by atoms with Crippen molar-refractivity contribution in [2.45, 2.75) is 13.8 Å². The molecule has 0 aliphatic rings. The van der Waals surface area contributed by atoms with Gasteiger partial charge in [-0.1, -0.05) is 66.7 Å². The second-order valence-corrected chi connectivity index (χ2v) is 7.04. The average Bonchev–Trinajstić information content (AvgIpc) is 3.06. The number of hydrogen-bond donors (Lipinski definition) is 0. The van der Waals surface area contributed by atoms with E-state index in [0.717, 1.165) is 0 Å². The topological polar surface area (TPSA) is 4.93 Å². The number of para-hydroxylation sites is 1. The lowest BCUT2D eigenvalue weighted by atomic mass is 9.98. The van der Waals surface area contributed by atoms with Crippen LogP contribution >= 0.6 is 0 Å². The van der Waals surface area contributed by atoms with E-state index in [1.54, 1.807) is 0 Å². The predicted octanol–water partition coefficient (Wildman–Crippen LogP) is 7.28. The van der Waals surface area contributed by atoms with E-state index in [2.05, 4.69) is 109 Å². The summed E-state index contributed by atoms with van der Waals surface area (Å²) in [6, 6.07) is 28.3. The van der Waals surface area contributed by atoms with E-state index in [0.29, 0.717) is 0 Å². The quantitative estimate of drug-likeness (QED) is 0.316. The van der Waals surface area contributed by atoms with Crippen LogP contribution in [0.4, 0.5) is 0 Å². The lowest BCUT2D eigenvalue weighted by Gasteiger charge is -2.08. The zero-order valence-electron chi connectivity index (χ0n) is 15.6. The molecule has 0 radical (unpaired) electrons. The number of allylic oxidation sites excluding steroid dienone is 1. The van der Waals surface area contributed by atoms with Crippen molar-refractivity contribution in [3.05, 3.63) is 96.1 Å². The summed E-state index contributed by atoms with van der Waals surface area (Å²) in [6.07, 6.45) is 4.38. The molecule has 0 atom stereocenters. The molecule has 1 heterocycles. The standard InChI is InChI=1S/C26H21N/c1-3-9-21-18(2)14-16-23-25(21)26-22-13-8-7-10-19(22)15-17-24(26)27(23)20-11-5-4-6-12-20/h3-17H,1-2H3/b9-3-. The third-order valence-electron chi connectivity index (χ3n) is 5.43. The Morgan fingerprint density at radius 2 is 1.41 bits per heavy atom. The van der Waals surface area contributed by atoms with Crippen LogP contribution in [0, 0.1) is 6.92 Å². The van der Waals surface area contributed by atoms with Gasteiger partial charge >= 0.3 is 0 Å². The first-order valence-electron chi connectivity index (χ1n) is 9.43. The Labute approximate surface area is 159 Å². The maximum Gasteiger partial charge on any atom is 0.0547 e. The fraction of sp³-hybridized carbons (Fsp3) is 0.0769.